The summed E-state index contributed by atoms with van der Waals surface area (Å²) in [5.41, 5.74) is 1.64. The molecule has 0 amide bonds. The summed E-state index contributed by atoms with van der Waals surface area (Å²) >= 11 is 0. The molecule has 0 N–H and O–H groups in total. The van der Waals surface area contributed by atoms with Gasteiger partial charge in [-0.3, -0.25) is 0 Å². The van der Waals surface area contributed by atoms with Crippen molar-refractivity contribution in [2.24, 2.45) is 0 Å². The Balaban J connectivity index is 3.98. The summed E-state index contributed by atoms with van der Waals surface area (Å²) in [6, 6.07) is 0. The van der Waals surface area contributed by atoms with Crippen molar-refractivity contribution < 1.29 is 0 Å². The molecule has 0 aromatic rings. The number of hydrogen-bond donors (Lipinski definition) is 0. The van der Waals surface area contributed by atoms with Gasteiger partial charge < -0.3 is 4.90 Å². The molecule has 0 rings (SSSR count). The lowest BCUT2D eigenvalue weighted by Gasteiger charge is -2.34. The lowest BCUT2D eigenvalue weighted by molar-refractivity contribution is 0.227. The smallest absolute Gasteiger partial charge is 0.0311 e. The monoisotopic (exact) mass is 197 g/mol. The van der Waals surface area contributed by atoms with Gasteiger partial charge in [0.1, 0.15) is 0 Å². The number of hydrogen-bond acceptors (Lipinski definition) is 1. The summed E-state index contributed by atoms with van der Waals surface area (Å²) in [5, 5.41) is 0. The van der Waals surface area contributed by atoms with Crippen LogP contribution in [0.2, 0.25) is 0 Å². The fourth-order valence-corrected chi connectivity index (χ4v) is 1.37. The molecule has 0 heterocycles. The number of rotatable bonds is 5. The van der Waals surface area contributed by atoms with E-state index in [-0.39, 0.29) is 5.54 Å². The fourth-order valence-electron chi connectivity index (χ4n) is 1.37. The molecule has 0 aliphatic heterocycles. The minimum Gasteiger partial charge on any atom is -0.374 e. The summed E-state index contributed by atoms with van der Waals surface area (Å²) in [7, 11) is 2.17. The van der Waals surface area contributed by atoms with Gasteiger partial charge in [0.05, 0.1) is 0 Å². The van der Waals surface area contributed by atoms with Crippen LogP contribution in [0.15, 0.2) is 11.8 Å². The van der Waals surface area contributed by atoms with E-state index in [9.17, 15) is 0 Å². The van der Waals surface area contributed by atoms with Gasteiger partial charge in [0, 0.05) is 18.3 Å². The summed E-state index contributed by atoms with van der Waals surface area (Å²) in [6.45, 7) is 11.2. The van der Waals surface area contributed by atoms with Crippen molar-refractivity contribution in [1.29, 1.82) is 0 Å². The normalized spacial score (nSPS) is 13.1. The number of nitrogens with zero attached hydrogens (tertiary/aromatic N) is 1. The average molecular weight is 197 g/mol. The molecular formula is C13H27N. The molecule has 0 unspecified atom stereocenters. The van der Waals surface area contributed by atoms with Crippen LogP contribution < -0.4 is 0 Å². The summed E-state index contributed by atoms with van der Waals surface area (Å²) < 4.78 is 0. The van der Waals surface area contributed by atoms with Crippen molar-refractivity contribution in [2.75, 3.05) is 7.05 Å². The van der Waals surface area contributed by atoms with Gasteiger partial charge in [-0.25, -0.2) is 0 Å². The molecule has 0 fully saturated rings. The zero-order valence-corrected chi connectivity index (χ0v) is 10.9. The van der Waals surface area contributed by atoms with Crippen LogP contribution in [0.25, 0.3) is 0 Å². The Labute approximate surface area is 90.2 Å². The minimum atomic E-state index is 0.241. The Morgan fingerprint density at radius 1 is 1.21 bits per heavy atom. The Kier molecular flexibility index (Phi) is 5.90. The van der Waals surface area contributed by atoms with Crippen LogP contribution in [0.1, 0.15) is 60.3 Å². The molecule has 0 atom stereocenters. The second kappa shape index (κ2) is 6.10. The van der Waals surface area contributed by atoms with Crippen LogP contribution in [-0.4, -0.2) is 17.5 Å². The summed E-state index contributed by atoms with van der Waals surface area (Å²) in [4.78, 5) is 2.35. The number of allylic oxidation sites excluding steroid dienone is 2. The van der Waals surface area contributed by atoms with Gasteiger partial charge in [-0.15, -0.1) is 0 Å². The van der Waals surface area contributed by atoms with Crippen molar-refractivity contribution in [3.05, 3.63) is 11.8 Å². The Hall–Kier alpha value is -0.460. The van der Waals surface area contributed by atoms with E-state index in [0.717, 1.165) is 0 Å². The van der Waals surface area contributed by atoms with Crippen LogP contribution in [0, 0.1) is 0 Å². The second-order valence-corrected chi connectivity index (χ2v) is 5.07. The van der Waals surface area contributed by atoms with Crippen LogP contribution in [0.5, 0.6) is 0 Å². The molecular weight excluding hydrogens is 170 g/mol. The van der Waals surface area contributed by atoms with Crippen LogP contribution >= 0.6 is 0 Å². The van der Waals surface area contributed by atoms with Crippen molar-refractivity contribution in [1.82, 2.24) is 4.90 Å². The zero-order valence-electron chi connectivity index (χ0n) is 10.9. The van der Waals surface area contributed by atoms with Crippen molar-refractivity contribution in [2.45, 2.75) is 65.8 Å². The molecule has 14 heavy (non-hydrogen) atoms. The first kappa shape index (κ1) is 13.5. The highest BCUT2D eigenvalue weighted by Gasteiger charge is 2.16. The van der Waals surface area contributed by atoms with Crippen LogP contribution in [0.3, 0.4) is 0 Å². The number of unbranched alkanes of at least 4 members (excludes halogenated alkanes) is 3. The average Bonchev–Trinajstić information content (AvgIpc) is 2.09. The maximum Gasteiger partial charge on any atom is 0.0311 e. The second-order valence-electron chi connectivity index (χ2n) is 5.07. The maximum absolute atomic E-state index is 2.36. The highest BCUT2D eigenvalue weighted by Crippen LogP contribution is 2.17. The van der Waals surface area contributed by atoms with E-state index in [1.165, 1.54) is 31.4 Å². The van der Waals surface area contributed by atoms with Crippen molar-refractivity contribution >= 4 is 0 Å². The van der Waals surface area contributed by atoms with Gasteiger partial charge in [0.15, 0.2) is 0 Å². The molecule has 0 bridgehead atoms. The largest absolute Gasteiger partial charge is 0.374 e. The molecule has 0 radical (unpaired) electrons. The van der Waals surface area contributed by atoms with Crippen molar-refractivity contribution in [3.8, 4) is 0 Å². The third-order valence-corrected chi connectivity index (χ3v) is 2.78. The quantitative estimate of drug-likeness (QED) is 0.597. The predicted octanol–water partition coefficient (Wildman–Crippen LogP) is 4.20. The molecule has 0 aliphatic rings. The fraction of sp³-hybridized carbons (Fsp3) is 0.846. The van der Waals surface area contributed by atoms with E-state index < -0.39 is 0 Å². The van der Waals surface area contributed by atoms with Gasteiger partial charge in [0.25, 0.3) is 0 Å². The van der Waals surface area contributed by atoms with E-state index >= 15 is 0 Å². The minimum absolute atomic E-state index is 0.241. The van der Waals surface area contributed by atoms with Gasteiger partial charge in [-0.1, -0.05) is 25.8 Å². The van der Waals surface area contributed by atoms with Gasteiger partial charge in [0.2, 0.25) is 0 Å². The molecule has 0 saturated carbocycles. The van der Waals surface area contributed by atoms with E-state index in [4.69, 9.17) is 0 Å². The lowest BCUT2D eigenvalue weighted by atomic mass is 10.1. The molecule has 0 saturated heterocycles. The summed E-state index contributed by atoms with van der Waals surface area (Å²) in [5.74, 6) is 0. The first-order valence-electron chi connectivity index (χ1n) is 5.80. The molecule has 84 valence electrons. The molecule has 0 aromatic heterocycles. The Morgan fingerprint density at radius 3 is 2.21 bits per heavy atom. The highest BCUT2D eigenvalue weighted by atomic mass is 15.2. The molecule has 1 heteroatoms. The summed E-state index contributed by atoms with van der Waals surface area (Å²) in [6.07, 6.45) is 7.57. The molecule has 0 aromatic carbocycles. The lowest BCUT2D eigenvalue weighted by Crippen LogP contribution is -2.36. The predicted molar refractivity (Wildman–Crippen MR) is 65.4 cm³/mol. The SMILES string of the molecule is CCCCC/C=C(\C)N(C)C(C)(C)C. The molecule has 0 spiro atoms. The van der Waals surface area contributed by atoms with E-state index in [1.807, 2.05) is 0 Å². The first-order chi connectivity index (χ1) is 6.39. The van der Waals surface area contributed by atoms with Gasteiger partial charge >= 0.3 is 0 Å². The van der Waals surface area contributed by atoms with Gasteiger partial charge in [-0.2, -0.15) is 0 Å². The topological polar surface area (TPSA) is 3.24 Å². The third kappa shape index (κ3) is 5.31. The van der Waals surface area contributed by atoms with Gasteiger partial charge in [-0.05, 0) is 40.5 Å². The Morgan fingerprint density at radius 2 is 1.79 bits per heavy atom. The van der Waals surface area contributed by atoms with E-state index in [0.29, 0.717) is 0 Å². The highest BCUT2D eigenvalue weighted by molar-refractivity contribution is 5.00. The molecule has 1 nitrogen and oxygen atoms in total. The maximum atomic E-state index is 2.36. The first-order valence-corrected chi connectivity index (χ1v) is 5.80. The third-order valence-electron chi connectivity index (χ3n) is 2.78. The van der Waals surface area contributed by atoms with Crippen LogP contribution in [0.4, 0.5) is 0 Å². The van der Waals surface area contributed by atoms with E-state index in [1.54, 1.807) is 0 Å². The van der Waals surface area contributed by atoms with Crippen molar-refractivity contribution in [3.63, 3.8) is 0 Å². The standard InChI is InChI=1S/C13H27N/c1-7-8-9-10-11-12(2)14(6)13(3,4)5/h11H,7-10H2,1-6H3/b12-11+. The Bertz CT molecular complexity index is 174. The van der Waals surface area contributed by atoms with E-state index in [2.05, 4.69) is 52.6 Å². The van der Waals surface area contributed by atoms with Crippen LogP contribution in [-0.2, 0) is 0 Å². The molecule has 0 aliphatic carbocycles. The zero-order chi connectivity index (χ0) is 11.2.